The second kappa shape index (κ2) is 23.4. The van der Waals surface area contributed by atoms with Gasteiger partial charge in [0.15, 0.2) is 0 Å². The molecule has 2 unspecified atom stereocenters. The van der Waals surface area contributed by atoms with Crippen LogP contribution in [0.2, 0.25) is 0 Å². The molecule has 16 heteroatoms. The first kappa shape index (κ1) is 51.8. The highest BCUT2D eigenvalue weighted by Crippen LogP contribution is 2.36. The van der Waals surface area contributed by atoms with Gasteiger partial charge in [0.25, 0.3) is 0 Å². The number of hydrogen-bond donors (Lipinski definition) is 2. The third-order valence-electron chi connectivity index (χ3n) is 12.5. The summed E-state index contributed by atoms with van der Waals surface area (Å²) in [5.74, 6) is -0.197. The monoisotopic (exact) mass is 1010 g/mol. The first-order valence-electron chi connectivity index (χ1n) is 24.8. The number of alkyl carbamates (subject to hydrolysis) is 2. The van der Waals surface area contributed by atoms with Gasteiger partial charge in [0, 0.05) is 35.7 Å². The number of benzene rings is 4. The zero-order chi connectivity index (χ0) is 50.8. The molecule has 0 radical (unpaired) electrons. The van der Waals surface area contributed by atoms with Crippen molar-refractivity contribution < 1.29 is 28.7 Å². The van der Waals surface area contributed by atoms with Crippen LogP contribution >= 0.6 is 21.6 Å². The van der Waals surface area contributed by atoms with Crippen molar-refractivity contribution in [2.24, 2.45) is 0 Å². The first-order chi connectivity index (χ1) is 34.6. The van der Waals surface area contributed by atoms with Crippen molar-refractivity contribution in [2.75, 3.05) is 24.6 Å². The van der Waals surface area contributed by atoms with Crippen molar-refractivity contribution in [3.05, 3.63) is 156 Å². The van der Waals surface area contributed by atoms with Crippen LogP contribution in [0.3, 0.4) is 0 Å². The van der Waals surface area contributed by atoms with E-state index in [1.165, 1.54) is 21.6 Å². The number of carbonyl (C=O) groups is 4. The van der Waals surface area contributed by atoms with Gasteiger partial charge in [-0.3, -0.25) is 19.0 Å². The lowest BCUT2D eigenvalue weighted by Crippen LogP contribution is -2.54. The van der Waals surface area contributed by atoms with Gasteiger partial charge < -0.3 is 29.9 Å². The summed E-state index contributed by atoms with van der Waals surface area (Å²) in [5.41, 5.74) is 6.18. The minimum absolute atomic E-state index is 0.150. The summed E-state index contributed by atoms with van der Waals surface area (Å²) in [6.07, 6.45) is 1.29. The van der Waals surface area contributed by atoms with E-state index in [4.69, 9.17) is 19.7 Å². The molecule has 8 rings (SSSR count). The number of amides is 4. The van der Waals surface area contributed by atoms with Crippen LogP contribution < -0.4 is 10.6 Å². The average molecular weight is 1010 g/mol. The standard InChI is InChI=1S/C56H66N8O6S2/c1-55(2,3)69-53(67)57-45(51(65)61-31-33-63-49(35-43(59-63)41-23-15-9-16-24-41)47(61)29-27-39-19-11-7-12-20-39)37-71-72-38-46(58-54(68)70-56(4,5)6)52(66)62-32-34-64-50(36-44(60-64)42-25-17-10-18-26-42)48(62)30-28-40-21-13-8-14-22-40/h7-26,35-36,45-48H,27-34,37-38H2,1-6H3,(H,57,67)(H,58,68)/t45-,46-,47?,48?/m0/s1. The molecule has 2 N–H and O–H groups in total. The molecule has 0 saturated carbocycles. The molecule has 0 aliphatic carbocycles. The van der Waals surface area contributed by atoms with Crippen molar-refractivity contribution in [3.63, 3.8) is 0 Å². The smallest absolute Gasteiger partial charge is 0.408 e. The third kappa shape index (κ3) is 13.7. The van der Waals surface area contributed by atoms with Gasteiger partial charge in [0.1, 0.15) is 23.3 Å². The van der Waals surface area contributed by atoms with Crippen molar-refractivity contribution in [3.8, 4) is 22.5 Å². The Hall–Kier alpha value is -6.52. The second-order valence-electron chi connectivity index (χ2n) is 20.2. The number of hydrogen-bond acceptors (Lipinski definition) is 10. The maximum Gasteiger partial charge on any atom is 0.408 e. The number of ether oxygens (including phenoxy) is 2. The van der Waals surface area contributed by atoms with Crippen molar-refractivity contribution >= 4 is 45.6 Å². The minimum Gasteiger partial charge on any atom is -0.444 e. The SMILES string of the molecule is CC(C)(C)OC(=O)N[C@@H](CSSC[C@H](NC(=O)OC(C)(C)C)C(=O)N1CCn2nc(-c3ccccc3)cc2C1CCc1ccccc1)C(=O)N1CCn2nc(-c3ccccc3)cc2C1CCc1ccccc1. The Morgan fingerprint density at radius 1 is 0.542 bits per heavy atom. The van der Waals surface area contributed by atoms with Gasteiger partial charge >= 0.3 is 12.2 Å². The Labute approximate surface area is 431 Å². The summed E-state index contributed by atoms with van der Waals surface area (Å²) in [6.45, 7) is 12.4. The molecule has 14 nitrogen and oxygen atoms in total. The molecule has 2 aliphatic heterocycles. The van der Waals surface area contributed by atoms with Gasteiger partial charge in [0.2, 0.25) is 11.8 Å². The molecular formula is C56H66N8O6S2. The highest BCUT2D eigenvalue weighted by Gasteiger charge is 2.39. The fourth-order valence-corrected chi connectivity index (χ4v) is 11.5. The van der Waals surface area contributed by atoms with Crippen LogP contribution in [0, 0.1) is 0 Å². The van der Waals surface area contributed by atoms with Gasteiger partial charge in [-0.1, -0.05) is 143 Å². The van der Waals surface area contributed by atoms with Crippen LogP contribution in [0.4, 0.5) is 9.59 Å². The molecule has 6 aromatic rings. The van der Waals surface area contributed by atoms with E-state index in [0.717, 1.165) is 57.9 Å². The number of fused-ring (bicyclic) bond motifs is 2. The molecule has 0 fully saturated rings. The van der Waals surface area contributed by atoms with E-state index < -0.39 is 35.5 Å². The summed E-state index contributed by atoms with van der Waals surface area (Å²) >= 11 is 0. The maximum absolute atomic E-state index is 15.1. The molecule has 4 heterocycles. The summed E-state index contributed by atoms with van der Waals surface area (Å²) in [5, 5.41) is 15.8. The van der Waals surface area contributed by atoms with Crippen LogP contribution in [-0.2, 0) is 45.0 Å². The van der Waals surface area contributed by atoms with Crippen molar-refractivity contribution in [1.29, 1.82) is 0 Å². The van der Waals surface area contributed by atoms with Gasteiger partial charge in [-0.15, -0.1) is 0 Å². The Kier molecular flexibility index (Phi) is 16.8. The first-order valence-corrected chi connectivity index (χ1v) is 27.3. The average Bonchev–Trinajstić information content (AvgIpc) is 4.01. The molecule has 2 aliphatic rings. The predicted octanol–water partition coefficient (Wildman–Crippen LogP) is 10.3. The molecule has 72 heavy (non-hydrogen) atoms. The fourth-order valence-electron chi connectivity index (χ4n) is 9.21. The van der Waals surface area contributed by atoms with Gasteiger partial charge in [-0.05, 0) is 90.5 Å². The molecule has 4 aromatic carbocycles. The van der Waals surface area contributed by atoms with E-state index in [2.05, 4.69) is 47.0 Å². The van der Waals surface area contributed by atoms with Crippen molar-refractivity contribution in [1.82, 2.24) is 40.0 Å². The van der Waals surface area contributed by atoms with E-state index in [-0.39, 0.29) is 35.4 Å². The van der Waals surface area contributed by atoms with E-state index in [0.29, 0.717) is 39.0 Å². The zero-order valence-electron chi connectivity index (χ0n) is 42.0. The summed E-state index contributed by atoms with van der Waals surface area (Å²) in [6, 6.07) is 41.9. The molecule has 0 saturated heterocycles. The zero-order valence-corrected chi connectivity index (χ0v) is 43.7. The number of aromatic nitrogens is 4. The molecular weight excluding hydrogens is 945 g/mol. The number of nitrogens with one attached hydrogen (secondary N) is 2. The summed E-state index contributed by atoms with van der Waals surface area (Å²) in [7, 11) is 2.69. The van der Waals surface area contributed by atoms with Gasteiger partial charge in [-0.25, -0.2) is 9.59 Å². The van der Waals surface area contributed by atoms with Crippen LogP contribution in [0.5, 0.6) is 0 Å². The lowest BCUT2D eigenvalue weighted by atomic mass is 9.98. The van der Waals surface area contributed by atoms with Crippen LogP contribution in [0.25, 0.3) is 22.5 Å². The molecule has 4 atom stereocenters. The highest BCUT2D eigenvalue weighted by molar-refractivity contribution is 8.76. The van der Waals surface area contributed by atoms with Crippen LogP contribution in [-0.4, -0.2) is 101 Å². The lowest BCUT2D eigenvalue weighted by molar-refractivity contribution is -0.137. The molecule has 0 bridgehead atoms. The quantitative estimate of drug-likeness (QED) is 0.0667. The number of nitrogens with zero attached hydrogens (tertiary/aromatic N) is 6. The molecule has 378 valence electrons. The number of rotatable bonds is 17. The van der Waals surface area contributed by atoms with E-state index in [9.17, 15) is 9.59 Å². The topological polar surface area (TPSA) is 153 Å². The molecule has 0 spiro atoms. The predicted molar refractivity (Wildman–Crippen MR) is 285 cm³/mol. The summed E-state index contributed by atoms with van der Waals surface area (Å²) in [4.78, 5) is 61.0. The van der Waals surface area contributed by atoms with E-state index in [1.807, 2.05) is 116 Å². The van der Waals surface area contributed by atoms with E-state index in [1.54, 1.807) is 41.5 Å². The number of carbonyl (C=O) groups excluding carboxylic acids is 4. The Morgan fingerprint density at radius 3 is 1.24 bits per heavy atom. The van der Waals surface area contributed by atoms with Crippen LogP contribution in [0.1, 0.15) is 89.0 Å². The van der Waals surface area contributed by atoms with E-state index >= 15 is 9.59 Å². The largest absolute Gasteiger partial charge is 0.444 e. The minimum atomic E-state index is -0.990. The summed E-state index contributed by atoms with van der Waals surface area (Å²) < 4.78 is 15.4. The number of aryl methyl sites for hydroxylation is 2. The fraction of sp³-hybridized carbons (Fsp3) is 0.393. The van der Waals surface area contributed by atoms with Crippen molar-refractivity contribution in [2.45, 2.75) is 116 Å². The van der Waals surface area contributed by atoms with Gasteiger partial charge in [0.05, 0.1) is 47.9 Å². The Morgan fingerprint density at radius 2 is 0.889 bits per heavy atom. The van der Waals surface area contributed by atoms with Gasteiger partial charge in [-0.2, -0.15) is 10.2 Å². The Bertz CT molecular complexity index is 2570. The maximum atomic E-state index is 15.1. The Balaban J connectivity index is 1.03. The lowest BCUT2D eigenvalue weighted by Gasteiger charge is -2.38. The molecule has 4 amide bonds. The third-order valence-corrected chi connectivity index (χ3v) is 14.9. The van der Waals surface area contributed by atoms with Crippen LogP contribution in [0.15, 0.2) is 133 Å². The molecule has 2 aromatic heterocycles. The normalized spacial score (nSPS) is 16.5. The highest BCUT2D eigenvalue weighted by atomic mass is 33.1. The second-order valence-corrected chi connectivity index (χ2v) is 22.7.